The Labute approximate surface area is 193 Å². The lowest BCUT2D eigenvalue weighted by Crippen LogP contribution is -2.38. The van der Waals surface area contributed by atoms with Gasteiger partial charge in [-0.2, -0.15) is 5.10 Å². The highest BCUT2D eigenvalue weighted by atomic mass is 19.1. The zero-order chi connectivity index (χ0) is 23.2. The summed E-state index contributed by atoms with van der Waals surface area (Å²) in [5, 5.41) is 7.17. The van der Waals surface area contributed by atoms with Gasteiger partial charge in [0, 0.05) is 39.0 Å². The van der Waals surface area contributed by atoms with Gasteiger partial charge in [-0.05, 0) is 36.5 Å². The van der Waals surface area contributed by atoms with E-state index >= 15 is 0 Å². The standard InChI is InChI=1S/C26H29FN4O2/c1-30(18-19-7-3-2-4-8-19)26(33)22-17-28-29-25(22)21-13-15-31(16-14-21)24(32)12-11-20-9-5-6-10-23(20)27/h2-10,17,21H,11-16,18H2,1H3,(H,28,29). The zero-order valence-electron chi connectivity index (χ0n) is 18.8. The molecule has 6 nitrogen and oxygen atoms in total. The molecule has 0 saturated carbocycles. The predicted molar refractivity (Wildman–Crippen MR) is 124 cm³/mol. The quantitative estimate of drug-likeness (QED) is 0.590. The Morgan fingerprint density at radius 3 is 2.52 bits per heavy atom. The maximum absolute atomic E-state index is 13.8. The van der Waals surface area contributed by atoms with Crippen LogP contribution in [0.1, 0.15) is 52.4 Å². The summed E-state index contributed by atoms with van der Waals surface area (Å²) in [7, 11) is 1.79. The monoisotopic (exact) mass is 448 g/mol. The number of likely N-dealkylation sites (tertiary alicyclic amines) is 1. The maximum atomic E-state index is 13.8. The third-order valence-electron chi connectivity index (χ3n) is 6.33. The molecule has 33 heavy (non-hydrogen) atoms. The fraction of sp³-hybridized carbons (Fsp3) is 0.346. The number of carbonyl (C=O) groups is 2. The minimum Gasteiger partial charge on any atom is -0.343 e. The molecule has 0 atom stereocenters. The fourth-order valence-corrected chi connectivity index (χ4v) is 4.43. The molecule has 0 spiro atoms. The van der Waals surface area contributed by atoms with E-state index in [-0.39, 0.29) is 23.5 Å². The van der Waals surface area contributed by atoms with E-state index < -0.39 is 0 Å². The van der Waals surface area contributed by atoms with Crippen molar-refractivity contribution in [1.29, 1.82) is 0 Å². The van der Waals surface area contributed by atoms with E-state index in [4.69, 9.17) is 0 Å². The van der Waals surface area contributed by atoms with Crippen molar-refractivity contribution in [1.82, 2.24) is 20.0 Å². The summed E-state index contributed by atoms with van der Waals surface area (Å²) in [6, 6.07) is 16.5. The highest BCUT2D eigenvalue weighted by Gasteiger charge is 2.29. The number of H-pyrrole nitrogens is 1. The lowest BCUT2D eigenvalue weighted by Gasteiger charge is -2.32. The van der Waals surface area contributed by atoms with Crippen LogP contribution in [0.3, 0.4) is 0 Å². The number of carbonyl (C=O) groups excluding carboxylic acids is 2. The maximum Gasteiger partial charge on any atom is 0.257 e. The van der Waals surface area contributed by atoms with Gasteiger partial charge in [-0.3, -0.25) is 14.7 Å². The van der Waals surface area contributed by atoms with Crippen LogP contribution in [0.15, 0.2) is 60.8 Å². The fourth-order valence-electron chi connectivity index (χ4n) is 4.43. The molecule has 1 saturated heterocycles. The van der Waals surface area contributed by atoms with Crippen LogP contribution in [0.2, 0.25) is 0 Å². The number of halogens is 1. The Morgan fingerprint density at radius 2 is 1.79 bits per heavy atom. The summed E-state index contributed by atoms with van der Waals surface area (Å²) >= 11 is 0. The van der Waals surface area contributed by atoms with Crippen LogP contribution in [0, 0.1) is 5.82 Å². The number of aromatic amines is 1. The molecule has 1 N–H and O–H groups in total. The average molecular weight is 449 g/mol. The molecular formula is C26H29FN4O2. The molecule has 0 aliphatic carbocycles. The Kier molecular flexibility index (Phi) is 7.17. The van der Waals surface area contributed by atoms with Crippen molar-refractivity contribution in [3.8, 4) is 0 Å². The van der Waals surface area contributed by atoms with Crippen molar-refractivity contribution in [2.45, 2.75) is 38.1 Å². The van der Waals surface area contributed by atoms with Crippen LogP contribution in [-0.2, 0) is 17.8 Å². The second-order valence-electron chi connectivity index (χ2n) is 8.59. The Balaban J connectivity index is 1.32. The van der Waals surface area contributed by atoms with Gasteiger partial charge < -0.3 is 9.80 Å². The van der Waals surface area contributed by atoms with Crippen LogP contribution < -0.4 is 0 Å². The van der Waals surface area contributed by atoms with E-state index in [1.807, 2.05) is 35.2 Å². The number of benzene rings is 2. The predicted octanol–water partition coefficient (Wildman–Crippen LogP) is 4.16. The molecule has 0 unspecified atom stereocenters. The normalized spacial score (nSPS) is 14.3. The number of piperidine rings is 1. The van der Waals surface area contributed by atoms with Crippen molar-refractivity contribution in [2.24, 2.45) is 0 Å². The molecular weight excluding hydrogens is 419 g/mol. The highest BCUT2D eigenvalue weighted by molar-refractivity contribution is 5.95. The minimum absolute atomic E-state index is 0.0419. The summed E-state index contributed by atoms with van der Waals surface area (Å²) in [4.78, 5) is 29.2. The van der Waals surface area contributed by atoms with Gasteiger partial charge in [0.15, 0.2) is 0 Å². The Morgan fingerprint density at radius 1 is 1.09 bits per heavy atom. The van der Waals surface area contributed by atoms with Crippen LogP contribution in [0.4, 0.5) is 4.39 Å². The van der Waals surface area contributed by atoms with Crippen LogP contribution in [0.25, 0.3) is 0 Å². The highest BCUT2D eigenvalue weighted by Crippen LogP contribution is 2.30. The summed E-state index contributed by atoms with van der Waals surface area (Å²) in [5.74, 6) is -0.143. The van der Waals surface area contributed by atoms with Gasteiger partial charge in [-0.25, -0.2) is 4.39 Å². The lowest BCUT2D eigenvalue weighted by atomic mass is 9.90. The molecule has 0 radical (unpaired) electrons. The van der Waals surface area contributed by atoms with Crippen molar-refractivity contribution < 1.29 is 14.0 Å². The molecule has 2 heterocycles. The van der Waals surface area contributed by atoms with Crippen molar-refractivity contribution in [3.05, 3.63) is 89.0 Å². The average Bonchev–Trinajstić information content (AvgIpc) is 3.33. The van der Waals surface area contributed by atoms with Crippen LogP contribution >= 0.6 is 0 Å². The molecule has 3 aromatic rings. The number of rotatable bonds is 7. The molecule has 1 aliphatic heterocycles. The molecule has 1 aliphatic rings. The van der Waals surface area contributed by atoms with Gasteiger partial charge in [0.1, 0.15) is 5.82 Å². The van der Waals surface area contributed by atoms with Gasteiger partial charge in [-0.15, -0.1) is 0 Å². The van der Waals surface area contributed by atoms with Gasteiger partial charge in [0.05, 0.1) is 17.5 Å². The molecule has 2 aromatic carbocycles. The molecule has 0 bridgehead atoms. The van der Waals surface area contributed by atoms with Gasteiger partial charge in [-0.1, -0.05) is 48.5 Å². The Hall–Kier alpha value is -3.48. The first-order valence-electron chi connectivity index (χ1n) is 11.4. The summed E-state index contributed by atoms with van der Waals surface area (Å²) < 4.78 is 13.8. The van der Waals surface area contributed by atoms with Crippen LogP contribution in [-0.4, -0.2) is 51.9 Å². The molecule has 172 valence electrons. The first-order valence-corrected chi connectivity index (χ1v) is 11.4. The molecule has 1 aromatic heterocycles. The number of hydrogen-bond acceptors (Lipinski definition) is 3. The second-order valence-corrected chi connectivity index (χ2v) is 8.59. The number of amides is 2. The lowest BCUT2D eigenvalue weighted by molar-refractivity contribution is -0.132. The van der Waals surface area contributed by atoms with E-state index in [0.29, 0.717) is 43.6 Å². The van der Waals surface area contributed by atoms with Crippen molar-refractivity contribution in [2.75, 3.05) is 20.1 Å². The van der Waals surface area contributed by atoms with E-state index in [9.17, 15) is 14.0 Å². The molecule has 7 heteroatoms. The molecule has 2 amide bonds. The summed E-state index contributed by atoms with van der Waals surface area (Å²) in [6.07, 6.45) is 3.82. The largest absolute Gasteiger partial charge is 0.343 e. The SMILES string of the molecule is CN(Cc1ccccc1)C(=O)c1cn[nH]c1C1CCN(C(=O)CCc2ccccc2F)CC1. The number of aryl methyl sites for hydroxylation is 1. The smallest absolute Gasteiger partial charge is 0.257 e. The topological polar surface area (TPSA) is 69.3 Å². The first kappa shape index (κ1) is 22.7. The van der Waals surface area contributed by atoms with Crippen LogP contribution in [0.5, 0.6) is 0 Å². The number of hydrogen-bond donors (Lipinski definition) is 1. The number of nitrogens with one attached hydrogen (secondary N) is 1. The van der Waals surface area contributed by atoms with E-state index in [2.05, 4.69) is 10.2 Å². The van der Waals surface area contributed by atoms with Gasteiger partial charge >= 0.3 is 0 Å². The molecule has 4 rings (SSSR count). The number of aromatic nitrogens is 2. The third kappa shape index (κ3) is 5.48. The summed E-state index contributed by atoms with van der Waals surface area (Å²) in [6.45, 7) is 1.76. The van der Waals surface area contributed by atoms with E-state index in [0.717, 1.165) is 24.1 Å². The second kappa shape index (κ2) is 10.4. The first-order chi connectivity index (χ1) is 16.0. The van der Waals surface area contributed by atoms with Gasteiger partial charge in [0.25, 0.3) is 5.91 Å². The van der Waals surface area contributed by atoms with Crippen molar-refractivity contribution >= 4 is 11.8 Å². The van der Waals surface area contributed by atoms with Crippen molar-refractivity contribution in [3.63, 3.8) is 0 Å². The van der Waals surface area contributed by atoms with E-state index in [1.54, 1.807) is 36.3 Å². The molecule has 1 fully saturated rings. The Bertz CT molecular complexity index is 1090. The van der Waals surface area contributed by atoms with Gasteiger partial charge in [0.2, 0.25) is 5.91 Å². The minimum atomic E-state index is -0.266. The van der Waals surface area contributed by atoms with E-state index in [1.165, 1.54) is 6.07 Å². The third-order valence-corrected chi connectivity index (χ3v) is 6.33. The summed E-state index contributed by atoms with van der Waals surface area (Å²) in [5.41, 5.74) is 3.08. The number of nitrogens with zero attached hydrogens (tertiary/aromatic N) is 3. The zero-order valence-corrected chi connectivity index (χ0v) is 18.8.